The molecule has 1 saturated carbocycles. The summed E-state index contributed by atoms with van der Waals surface area (Å²) in [6.45, 7) is 0.364. The van der Waals surface area contributed by atoms with Crippen LogP contribution in [0, 0.1) is 11.2 Å². The number of aromatic nitrogens is 2. The summed E-state index contributed by atoms with van der Waals surface area (Å²) >= 11 is 0. The zero-order valence-corrected chi connectivity index (χ0v) is 20.1. The van der Waals surface area contributed by atoms with Gasteiger partial charge in [-0.2, -0.15) is 17.6 Å². The van der Waals surface area contributed by atoms with Crippen molar-refractivity contribution in [3.8, 4) is 0 Å². The van der Waals surface area contributed by atoms with Crippen molar-refractivity contribution in [3.05, 3.63) is 47.5 Å². The summed E-state index contributed by atoms with van der Waals surface area (Å²) in [5.41, 5.74) is 4.07. The third-order valence-corrected chi connectivity index (χ3v) is 7.03. The summed E-state index contributed by atoms with van der Waals surface area (Å²) in [6, 6.07) is 4.73. The highest BCUT2D eigenvalue weighted by Gasteiger charge is 2.42. The van der Waals surface area contributed by atoms with E-state index in [9.17, 15) is 28.2 Å². The minimum absolute atomic E-state index is 0.000248. The fourth-order valence-corrected chi connectivity index (χ4v) is 4.59. The van der Waals surface area contributed by atoms with Gasteiger partial charge in [0.05, 0.1) is 24.8 Å². The number of nitrogens with one attached hydrogen (secondary N) is 1. The first-order chi connectivity index (χ1) is 17.5. The predicted octanol–water partition coefficient (Wildman–Crippen LogP) is 1.75. The zero-order valence-electron chi connectivity index (χ0n) is 20.1. The van der Waals surface area contributed by atoms with E-state index < -0.39 is 35.0 Å². The molecule has 9 nitrogen and oxygen atoms in total. The van der Waals surface area contributed by atoms with Crippen molar-refractivity contribution < 1.29 is 32.6 Å². The number of aliphatic hydroxyl groups excluding tert-OH is 2. The summed E-state index contributed by atoms with van der Waals surface area (Å²) < 4.78 is 54.3. The maximum absolute atomic E-state index is 15.6. The molecule has 1 aliphatic heterocycles. The van der Waals surface area contributed by atoms with Crippen molar-refractivity contribution >= 4 is 17.5 Å². The second-order valence-electron chi connectivity index (χ2n) is 9.75. The van der Waals surface area contributed by atoms with Crippen LogP contribution >= 0.6 is 0 Å². The van der Waals surface area contributed by atoms with Gasteiger partial charge in [-0.15, -0.1) is 0 Å². The average molecular weight is 527 g/mol. The van der Waals surface area contributed by atoms with Gasteiger partial charge in [0.25, 0.3) is 0 Å². The number of halogens is 4. The van der Waals surface area contributed by atoms with Gasteiger partial charge in [0.15, 0.2) is 11.6 Å². The number of β-amino-alcohol motifs (C(OH)–C–C–N with tert-alkyl or cyclic N) is 1. The van der Waals surface area contributed by atoms with Crippen LogP contribution < -0.4 is 16.0 Å². The molecule has 2 aliphatic rings. The molecule has 1 saturated heterocycles. The number of primary amides is 1. The van der Waals surface area contributed by atoms with Gasteiger partial charge in [0.2, 0.25) is 11.7 Å². The van der Waals surface area contributed by atoms with Crippen molar-refractivity contribution in [2.24, 2.45) is 11.1 Å². The van der Waals surface area contributed by atoms with Crippen molar-refractivity contribution in [1.82, 2.24) is 14.9 Å². The van der Waals surface area contributed by atoms with Gasteiger partial charge in [0, 0.05) is 31.1 Å². The highest BCUT2D eigenvalue weighted by Crippen LogP contribution is 2.36. The van der Waals surface area contributed by atoms with E-state index in [-0.39, 0.29) is 50.5 Å². The van der Waals surface area contributed by atoms with Crippen LogP contribution in [-0.4, -0.2) is 75.9 Å². The minimum Gasteiger partial charge on any atom is -0.396 e. The summed E-state index contributed by atoms with van der Waals surface area (Å²) in [4.78, 5) is 22.7. The molecule has 0 radical (unpaired) electrons. The smallest absolute Gasteiger partial charge is 0.396 e. The van der Waals surface area contributed by atoms with E-state index in [2.05, 4.69) is 15.3 Å². The maximum Gasteiger partial charge on any atom is 0.416 e. The molecule has 4 rings (SSSR count). The van der Waals surface area contributed by atoms with Crippen LogP contribution in [0.4, 0.5) is 29.2 Å². The Morgan fingerprint density at radius 2 is 1.95 bits per heavy atom. The molecular weight excluding hydrogens is 496 g/mol. The van der Waals surface area contributed by atoms with Gasteiger partial charge in [-0.1, -0.05) is 12.1 Å². The number of rotatable bonds is 10. The SMILES string of the molecule is NC(=O)CN1CCC(CO)(CNc2ncnc(N(Cc3ccc(C(F)(F)F)cc3)C3CC3)c2F)[C@H](O)C1. The molecule has 1 amide bonds. The molecule has 2 aromatic rings. The van der Waals surface area contributed by atoms with Crippen molar-refractivity contribution in [3.63, 3.8) is 0 Å². The molecule has 13 heteroatoms. The highest BCUT2D eigenvalue weighted by molar-refractivity contribution is 5.75. The largest absolute Gasteiger partial charge is 0.416 e. The lowest BCUT2D eigenvalue weighted by molar-refractivity contribution is -0.137. The molecule has 2 fully saturated rings. The van der Waals surface area contributed by atoms with Crippen LogP contribution in [0.15, 0.2) is 30.6 Å². The molecule has 1 aliphatic carbocycles. The fraction of sp³-hybridized carbons (Fsp3) is 0.542. The van der Waals surface area contributed by atoms with Crippen LogP contribution in [0.2, 0.25) is 0 Å². The Hall–Kier alpha value is -3.03. The Morgan fingerprint density at radius 3 is 2.51 bits per heavy atom. The number of likely N-dealkylation sites (tertiary alicyclic amines) is 1. The van der Waals surface area contributed by atoms with Crippen molar-refractivity contribution in [2.45, 2.75) is 44.1 Å². The third-order valence-electron chi connectivity index (χ3n) is 7.03. The van der Waals surface area contributed by atoms with Gasteiger partial charge in [0.1, 0.15) is 6.33 Å². The normalized spacial score (nSPS) is 22.6. The molecule has 2 heterocycles. The lowest BCUT2D eigenvalue weighted by Gasteiger charge is -2.44. The summed E-state index contributed by atoms with van der Waals surface area (Å²) in [7, 11) is 0. The van der Waals surface area contributed by atoms with Gasteiger partial charge >= 0.3 is 6.18 Å². The lowest BCUT2D eigenvalue weighted by Crippen LogP contribution is -2.56. The molecule has 1 unspecified atom stereocenters. The number of carbonyl (C=O) groups excluding carboxylic acids is 1. The van der Waals surface area contributed by atoms with Crippen LogP contribution in [0.25, 0.3) is 0 Å². The second-order valence-corrected chi connectivity index (χ2v) is 9.75. The quantitative estimate of drug-likeness (QED) is 0.345. The molecule has 5 N–H and O–H groups in total. The first kappa shape index (κ1) is 27.0. The summed E-state index contributed by atoms with van der Waals surface area (Å²) in [5, 5.41) is 23.7. The van der Waals surface area contributed by atoms with Gasteiger partial charge in [-0.25, -0.2) is 9.97 Å². The molecule has 202 valence electrons. The molecule has 2 atom stereocenters. The second kappa shape index (κ2) is 10.8. The zero-order chi connectivity index (χ0) is 26.8. The molecule has 0 spiro atoms. The maximum atomic E-state index is 15.6. The number of hydrogen-bond acceptors (Lipinski definition) is 8. The molecule has 1 aromatic heterocycles. The Bertz CT molecular complexity index is 1100. The number of benzene rings is 1. The number of nitrogens with zero attached hydrogens (tertiary/aromatic N) is 4. The number of anilines is 2. The van der Waals surface area contributed by atoms with E-state index in [1.165, 1.54) is 18.5 Å². The minimum atomic E-state index is -4.44. The van der Waals surface area contributed by atoms with E-state index in [0.717, 1.165) is 25.0 Å². The first-order valence-electron chi connectivity index (χ1n) is 12.0. The number of amides is 1. The number of piperidine rings is 1. The molecular formula is C24H30F4N6O3. The Labute approximate surface area is 211 Å². The molecule has 1 aromatic carbocycles. The van der Waals surface area contributed by atoms with E-state index in [1.54, 1.807) is 9.80 Å². The van der Waals surface area contributed by atoms with Crippen molar-refractivity contribution in [2.75, 3.05) is 43.0 Å². The van der Waals surface area contributed by atoms with Crippen molar-refractivity contribution in [1.29, 1.82) is 0 Å². The van der Waals surface area contributed by atoms with E-state index in [4.69, 9.17) is 5.73 Å². The van der Waals surface area contributed by atoms with E-state index >= 15 is 4.39 Å². The van der Waals surface area contributed by atoms with Gasteiger partial charge < -0.3 is 26.2 Å². The van der Waals surface area contributed by atoms with Crippen LogP contribution in [0.1, 0.15) is 30.4 Å². The van der Waals surface area contributed by atoms with Crippen LogP contribution in [0.5, 0.6) is 0 Å². The topological polar surface area (TPSA) is 128 Å². The third kappa shape index (κ3) is 6.28. The number of hydrogen-bond donors (Lipinski definition) is 4. The first-order valence-corrected chi connectivity index (χ1v) is 12.0. The highest BCUT2D eigenvalue weighted by atomic mass is 19.4. The molecule has 37 heavy (non-hydrogen) atoms. The molecule has 0 bridgehead atoms. The van der Waals surface area contributed by atoms with E-state index in [1.807, 2.05) is 0 Å². The summed E-state index contributed by atoms with van der Waals surface area (Å²) in [5.74, 6) is -1.33. The number of carbonyl (C=O) groups is 1. The van der Waals surface area contributed by atoms with E-state index in [0.29, 0.717) is 18.5 Å². The fourth-order valence-electron chi connectivity index (χ4n) is 4.59. The standard InChI is InChI=1S/C24H30F4N6O3/c25-20-21(30-12-23(13-35)7-8-33(10-18(23)36)11-19(29)37)31-14-32-22(20)34(17-5-6-17)9-15-1-3-16(4-2-15)24(26,27)28/h1-4,14,17-18,35-36H,5-13H2,(H2,29,37)(H,30,31,32)/t18-,23?/m1/s1. The Balaban J connectivity index is 1.48. The summed E-state index contributed by atoms with van der Waals surface area (Å²) in [6.07, 6.45) is -2.30. The van der Waals surface area contributed by atoms with Crippen LogP contribution in [0.3, 0.4) is 0 Å². The Kier molecular flexibility index (Phi) is 7.85. The van der Waals surface area contributed by atoms with Gasteiger partial charge in [-0.05, 0) is 43.5 Å². The number of alkyl halides is 3. The lowest BCUT2D eigenvalue weighted by atomic mass is 9.76. The van der Waals surface area contributed by atoms with Crippen LogP contribution in [-0.2, 0) is 17.5 Å². The monoisotopic (exact) mass is 526 g/mol. The Morgan fingerprint density at radius 1 is 1.24 bits per heavy atom. The van der Waals surface area contributed by atoms with Gasteiger partial charge in [-0.3, -0.25) is 9.69 Å². The number of aliphatic hydroxyl groups is 2. The predicted molar refractivity (Wildman–Crippen MR) is 127 cm³/mol. The number of nitrogens with two attached hydrogens (primary N) is 1. The average Bonchev–Trinajstić information content (AvgIpc) is 3.68.